The minimum atomic E-state index is -1.20. The van der Waals surface area contributed by atoms with Gasteiger partial charge in [0.05, 0.1) is 8.07 Å². The highest BCUT2D eigenvalue weighted by Gasteiger charge is 2.19. The third-order valence-electron chi connectivity index (χ3n) is 2.19. The van der Waals surface area contributed by atoms with Gasteiger partial charge in [-0.1, -0.05) is 61.2 Å². The van der Waals surface area contributed by atoms with E-state index in [2.05, 4.69) is 57.4 Å². The Morgan fingerprint density at radius 1 is 1.15 bits per heavy atom. The van der Waals surface area contributed by atoms with Gasteiger partial charge >= 0.3 is 0 Å². The molecular formula is C12H18Si. The predicted octanol–water partition coefficient (Wildman–Crippen LogP) is 3.26. The topological polar surface area (TPSA) is 0 Å². The van der Waals surface area contributed by atoms with Gasteiger partial charge in [-0.05, 0) is 12.5 Å². The fourth-order valence-corrected chi connectivity index (χ4v) is 3.21. The van der Waals surface area contributed by atoms with Crippen molar-refractivity contribution in [3.63, 3.8) is 0 Å². The van der Waals surface area contributed by atoms with Crippen LogP contribution in [-0.4, -0.2) is 8.07 Å². The van der Waals surface area contributed by atoms with E-state index in [9.17, 15) is 0 Å². The van der Waals surface area contributed by atoms with Gasteiger partial charge in [-0.25, -0.2) is 0 Å². The lowest BCUT2D eigenvalue weighted by molar-refractivity contribution is 1.58. The molecule has 1 aromatic carbocycles. The molecule has 0 amide bonds. The number of benzene rings is 1. The van der Waals surface area contributed by atoms with Crippen LogP contribution < -0.4 is 5.19 Å². The van der Waals surface area contributed by atoms with Gasteiger partial charge in [0.25, 0.3) is 0 Å². The summed E-state index contributed by atoms with van der Waals surface area (Å²) in [6, 6.07) is 8.64. The van der Waals surface area contributed by atoms with Gasteiger partial charge in [-0.15, -0.1) is 0 Å². The second-order valence-electron chi connectivity index (χ2n) is 4.58. The monoisotopic (exact) mass is 190 g/mol. The van der Waals surface area contributed by atoms with Crippen molar-refractivity contribution in [3.8, 4) is 0 Å². The maximum absolute atomic E-state index is 4.02. The highest BCUT2D eigenvalue weighted by Crippen LogP contribution is 2.13. The van der Waals surface area contributed by atoms with Crippen LogP contribution in [0.25, 0.3) is 5.57 Å². The Hall–Kier alpha value is -0.823. The molecule has 70 valence electrons. The van der Waals surface area contributed by atoms with Crippen LogP contribution in [-0.2, 0) is 0 Å². The van der Waals surface area contributed by atoms with E-state index in [4.69, 9.17) is 0 Å². The molecular weight excluding hydrogens is 172 g/mol. The Kier molecular flexibility index (Phi) is 2.76. The fourth-order valence-electron chi connectivity index (χ4n) is 1.51. The van der Waals surface area contributed by atoms with Gasteiger partial charge in [0, 0.05) is 0 Å². The van der Waals surface area contributed by atoms with E-state index < -0.39 is 8.07 Å². The normalized spacial score (nSPS) is 11.4. The van der Waals surface area contributed by atoms with E-state index in [1.54, 1.807) is 0 Å². The average molecular weight is 190 g/mol. The summed E-state index contributed by atoms with van der Waals surface area (Å²) in [5, 5.41) is 1.52. The summed E-state index contributed by atoms with van der Waals surface area (Å²) in [6.45, 7) is 13.2. The van der Waals surface area contributed by atoms with Crippen LogP contribution >= 0.6 is 0 Å². The molecule has 0 fully saturated rings. The van der Waals surface area contributed by atoms with Crippen LogP contribution in [0.1, 0.15) is 12.5 Å². The van der Waals surface area contributed by atoms with E-state index in [-0.39, 0.29) is 0 Å². The molecule has 1 heteroatoms. The van der Waals surface area contributed by atoms with Crippen LogP contribution in [0, 0.1) is 0 Å². The smallest absolute Gasteiger partial charge is 0.0783 e. The van der Waals surface area contributed by atoms with E-state index in [0.717, 1.165) is 0 Å². The SMILES string of the molecule is C=C(C)c1ccccc1[Si](C)(C)C. The first-order valence-corrected chi connectivity index (χ1v) is 8.18. The first kappa shape index (κ1) is 10.3. The van der Waals surface area contributed by atoms with E-state index >= 15 is 0 Å². The van der Waals surface area contributed by atoms with Crippen molar-refractivity contribution in [1.29, 1.82) is 0 Å². The number of allylic oxidation sites excluding steroid dienone is 1. The summed E-state index contributed by atoms with van der Waals surface area (Å²) < 4.78 is 0. The zero-order valence-corrected chi connectivity index (χ0v) is 10.0. The van der Waals surface area contributed by atoms with Crippen molar-refractivity contribution >= 4 is 18.8 Å². The van der Waals surface area contributed by atoms with Crippen LogP contribution in [0.3, 0.4) is 0 Å². The summed E-state index contributed by atoms with van der Waals surface area (Å²) in [4.78, 5) is 0. The van der Waals surface area contributed by atoms with Crippen molar-refractivity contribution in [1.82, 2.24) is 0 Å². The van der Waals surface area contributed by atoms with Crippen LogP contribution in [0.5, 0.6) is 0 Å². The van der Waals surface area contributed by atoms with Gasteiger partial charge in [0.1, 0.15) is 0 Å². The van der Waals surface area contributed by atoms with E-state index in [0.29, 0.717) is 0 Å². The van der Waals surface area contributed by atoms with Crippen LogP contribution in [0.15, 0.2) is 30.8 Å². The van der Waals surface area contributed by atoms with Crippen molar-refractivity contribution < 1.29 is 0 Å². The maximum Gasteiger partial charge on any atom is 0.0783 e. The highest BCUT2D eigenvalue weighted by atomic mass is 28.3. The number of hydrogen-bond acceptors (Lipinski definition) is 0. The van der Waals surface area contributed by atoms with E-state index in [1.165, 1.54) is 16.3 Å². The molecule has 1 rings (SSSR count). The Labute approximate surface area is 82.3 Å². The van der Waals surface area contributed by atoms with Gasteiger partial charge in [0.2, 0.25) is 0 Å². The predicted molar refractivity (Wildman–Crippen MR) is 64.1 cm³/mol. The van der Waals surface area contributed by atoms with Crippen molar-refractivity contribution in [3.05, 3.63) is 36.4 Å². The number of rotatable bonds is 2. The third-order valence-corrected chi connectivity index (χ3v) is 4.25. The van der Waals surface area contributed by atoms with E-state index in [1.807, 2.05) is 0 Å². The second kappa shape index (κ2) is 3.50. The molecule has 0 saturated carbocycles. The Bertz CT molecular complexity index is 318. The zero-order valence-electron chi connectivity index (χ0n) is 9.02. The summed E-state index contributed by atoms with van der Waals surface area (Å²) in [5.41, 5.74) is 2.53. The zero-order chi connectivity index (χ0) is 10.1. The lowest BCUT2D eigenvalue weighted by atomic mass is 10.1. The fraction of sp³-hybridized carbons (Fsp3) is 0.333. The van der Waals surface area contributed by atoms with Gasteiger partial charge in [0.15, 0.2) is 0 Å². The van der Waals surface area contributed by atoms with Gasteiger partial charge < -0.3 is 0 Å². The van der Waals surface area contributed by atoms with Crippen molar-refractivity contribution in [2.45, 2.75) is 26.6 Å². The maximum atomic E-state index is 4.02. The van der Waals surface area contributed by atoms with Crippen LogP contribution in [0.4, 0.5) is 0 Å². The van der Waals surface area contributed by atoms with Crippen molar-refractivity contribution in [2.75, 3.05) is 0 Å². The quantitative estimate of drug-likeness (QED) is 0.628. The van der Waals surface area contributed by atoms with Crippen molar-refractivity contribution in [2.24, 2.45) is 0 Å². The standard InChI is InChI=1S/C12H18Si/c1-10(2)11-8-6-7-9-12(11)13(3,4)5/h6-9H,1H2,2-5H3. The minimum absolute atomic E-state index is 1.18. The molecule has 13 heavy (non-hydrogen) atoms. The molecule has 0 aromatic heterocycles. The molecule has 1 aromatic rings. The molecule has 0 aliphatic heterocycles. The lowest BCUT2D eigenvalue weighted by Gasteiger charge is -2.20. The Balaban J connectivity index is 3.28. The Morgan fingerprint density at radius 2 is 1.69 bits per heavy atom. The summed E-state index contributed by atoms with van der Waals surface area (Å²) >= 11 is 0. The molecule has 0 aliphatic rings. The molecule has 0 heterocycles. The average Bonchev–Trinajstić information content (AvgIpc) is 2.03. The Morgan fingerprint density at radius 3 is 2.08 bits per heavy atom. The third kappa shape index (κ3) is 2.31. The molecule has 0 nitrogen and oxygen atoms in total. The van der Waals surface area contributed by atoms with Gasteiger partial charge in [-0.3, -0.25) is 0 Å². The molecule has 0 bridgehead atoms. The van der Waals surface area contributed by atoms with Gasteiger partial charge in [-0.2, -0.15) is 0 Å². The summed E-state index contributed by atoms with van der Waals surface area (Å²) in [7, 11) is -1.20. The first-order chi connectivity index (χ1) is 5.93. The second-order valence-corrected chi connectivity index (χ2v) is 9.61. The number of hydrogen-bond donors (Lipinski definition) is 0. The molecule has 0 atom stereocenters. The molecule has 0 saturated heterocycles. The largest absolute Gasteiger partial charge is 0.0955 e. The molecule has 0 N–H and O–H groups in total. The molecule has 0 radical (unpaired) electrons. The molecule has 0 unspecified atom stereocenters. The highest BCUT2D eigenvalue weighted by molar-refractivity contribution is 6.89. The molecule has 0 aliphatic carbocycles. The summed E-state index contributed by atoms with van der Waals surface area (Å²) in [5.74, 6) is 0. The first-order valence-electron chi connectivity index (χ1n) is 4.68. The van der Waals surface area contributed by atoms with Crippen LogP contribution in [0.2, 0.25) is 19.6 Å². The molecule has 0 spiro atoms. The minimum Gasteiger partial charge on any atom is -0.0955 e. The lowest BCUT2D eigenvalue weighted by Crippen LogP contribution is -2.39. The summed E-state index contributed by atoms with van der Waals surface area (Å²) in [6.07, 6.45) is 0.